The van der Waals surface area contributed by atoms with E-state index in [4.69, 9.17) is 5.11 Å². The first-order valence-corrected chi connectivity index (χ1v) is 7.01. The monoisotopic (exact) mass is 257 g/mol. The lowest BCUT2D eigenvalue weighted by molar-refractivity contribution is -0.146. The number of aliphatic carboxylic acids is 1. The molecule has 0 saturated carbocycles. The van der Waals surface area contributed by atoms with Crippen LogP contribution in [0.25, 0.3) is 0 Å². The standard InChI is InChI=1S/C14H27NO3/c1-4-5-6-7-8-9-10-15-13(16)11(2)12(3)14(17)18/h11-12H,4-10H2,1-3H3,(H,15,16)(H,17,18). The van der Waals surface area contributed by atoms with Crippen molar-refractivity contribution in [2.45, 2.75) is 59.3 Å². The molecule has 2 unspecified atom stereocenters. The molecule has 18 heavy (non-hydrogen) atoms. The molecule has 1 amide bonds. The molecular formula is C14H27NO3. The van der Waals surface area contributed by atoms with E-state index >= 15 is 0 Å². The van der Waals surface area contributed by atoms with Crippen LogP contribution in [-0.2, 0) is 9.59 Å². The Bertz CT molecular complexity index is 253. The van der Waals surface area contributed by atoms with E-state index in [-0.39, 0.29) is 5.91 Å². The van der Waals surface area contributed by atoms with E-state index in [0.29, 0.717) is 6.54 Å². The summed E-state index contributed by atoms with van der Waals surface area (Å²) in [6, 6.07) is 0. The summed E-state index contributed by atoms with van der Waals surface area (Å²) in [4.78, 5) is 22.4. The van der Waals surface area contributed by atoms with E-state index in [1.54, 1.807) is 13.8 Å². The maximum atomic E-state index is 11.6. The van der Waals surface area contributed by atoms with Crippen LogP contribution in [0.5, 0.6) is 0 Å². The summed E-state index contributed by atoms with van der Waals surface area (Å²) < 4.78 is 0. The molecule has 0 aromatic heterocycles. The molecule has 0 aliphatic rings. The lowest BCUT2D eigenvalue weighted by Crippen LogP contribution is -2.35. The Morgan fingerprint density at radius 3 is 2.11 bits per heavy atom. The number of carbonyl (C=O) groups excluding carboxylic acids is 1. The van der Waals surface area contributed by atoms with Crippen LogP contribution in [0, 0.1) is 11.8 Å². The second-order valence-corrected chi connectivity index (χ2v) is 4.97. The van der Waals surface area contributed by atoms with Crippen molar-refractivity contribution in [3.63, 3.8) is 0 Å². The molecule has 0 aliphatic heterocycles. The van der Waals surface area contributed by atoms with E-state index in [2.05, 4.69) is 12.2 Å². The Hall–Kier alpha value is -1.06. The van der Waals surface area contributed by atoms with E-state index in [1.807, 2.05) is 0 Å². The largest absolute Gasteiger partial charge is 0.481 e. The maximum Gasteiger partial charge on any atom is 0.307 e. The van der Waals surface area contributed by atoms with Crippen molar-refractivity contribution in [3.8, 4) is 0 Å². The lowest BCUT2D eigenvalue weighted by Gasteiger charge is -2.15. The van der Waals surface area contributed by atoms with Gasteiger partial charge >= 0.3 is 5.97 Å². The molecule has 0 aromatic rings. The summed E-state index contributed by atoms with van der Waals surface area (Å²) in [6.45, 7) is 6.07. The molecule has 106 valence electrons. The molecule has 0 fully saturated rings. The van der Waals surface area contributed by atoms with Crippen LogP contribution in [0.2, 0.25) is 0 Å². The van der Waals surface area contributed by atoms with Crippen LogP contribution in [-0.4, -0.2) is 23.5 Å². The molecule has 4 heteroatoms. The van der Waals surface area contributed by atoms with Crippen LogP contribution in [0.1, 0.15) is 59.3 Å². The number of hydrogen-bond acceptors (Lipinski definition) is 2. The second-order valence-electron chi connectivity index (χ2n) is 4.97. The Balaban J connectivity index is 3.61. The highest BCUT2D eigenvalue weighted by Crippen LogP contribution is 2.11. The Kier molecular flexibility index (Phi) is 9.33. The molecular weight excluding hydrogens is 230 g/mol. The molecule has 2 atom stereocenters. The van der Waals surface area contributed by atoms with Crippen LogP contribution in [0.4, 0.5) is 0 Å². The second kappa shape index (κ2) is 9.92. The molecule has 4 nitrogen and oxygen atoms in total. The van der Waals surface area contributed by atoms with Gasteiger partial charge in [0.25, 0.3) is 0 Å². The number of carboxylic acid groups (broad SMARTS) is 1. The van der Waals surface area contributed by atoms with Gasteiger partial charge in [0, 0.05) is 12.5 Å². The number of carbonyl (C=O) groups is 2. The summed E-state index contributed by atoms with van der Waals surface area (Å²) in [5.41, 5.74) is 0. The fourth-order valence-corrected chi connectivity index (χ4v) is 1.72. The highest BCUT2D eigenvalue weighted by Gasteiger charge is 2.25. The van der Waals surface area contributed by atoms with Crippen molar-refractivity contribution in [2.24, 2.45) is 11.8 Å². The van der Waals surface area contributed by atoms with E-state index in [1.165, 1.54) is 25.7 Å². The van der Waals surface area contributed by atoms with Gasteiger partial charge in [-0.2, -0.15) is 0 Å². The van der Waals surface area contributed by atoms with Gasteiger partial charge < -0.3 is 10.4 Å². The zero-order chi connectivity index (χ0) is 14.0. The first kappa shape index (κ1) is 16.9. The summed E-state index contributed by atoms with van der Waals surface area (Å²) in [6.07, 6.45) is 7.09. The number of hydrogen-bond donors (Lipinski definition) is 2. The summed E-state index contributed by atoms with van der Waals surface area (Å²) in [7, 11) is 0. The predicted octanol–water partition coefficient (Wildman–Crippen LogP) is 2.82. The minimum Gasteiger partial charge on any atom is -0.481 e. The van der Waals surface area contributed by atoms with Crippen LogP contribution in [0.3, 0.4) is 0 Å². The first-order valence-electron chi connectivity index (χ1n) is 7.01. The number of amides is 1. The van der Waals surface area contributed by atoms with Gasteiger partial charge in [0.05, 0.1) is 5.92 Å². The van der Waals surface area contributed by atoms with Crippen molar-refractivity contribution < 1.29 is 14.7 Å². The maximum absolute atomic E-state index is 11.6. The fourth-order valence-electron chi connectivity index (χ4n) is 1.72. The van der Waals surface area contributed by atoms with E-state index in [9.17, 15) is 9.59 Å². The lowest BCUT2D eigenvalue weighted by atomic mass is 9.95. The molecule has 0 saturated heterocycles. The predicted molar refractivity (Wildman–Crippen MR) is 72.3 cm³/mol. The quantitative estimate of drug-likeness (QED) is 0.591. The van der Waals surface area contributed by atoms with Crippen LogP contribution >= 0.6 is 0 Å². The van der Waals surface area contributed by atoms with E-state index in [0.717, 1.165) is 12.8 Å². The third kappa shape index (κ3) is 7.30. The van der Waals surface area contributed by atoms with E-state index < -0.39 is 17.8 Å². The third-order valence-electron chi connectivity index (χ3n) is 3.38. The molecule has 0 aromatic carbocycles. The van der Waals surface area contributed by atoms with Gasteiger partial charge in [-0.15, -0.1) is 0 Å². The van der Waals surface area contributed by atoms with Crippen LogP contribution < -0.4 is 5.32 Å². The van der Waals surface area contributed by atoms with Gasteiger partial charge in [-0.1, -0.05) is 52.9 Å². The first-order chi connectivity index (χ1) is 8.50. The molecule has 0 aliphatic carbocycles. The SMILES string of the molecule is CCCCCCCCNC(=O)C(C)C(C)C(=O)O. The van der Waals surface area contributed by atoms with Crippen molar-refractivity contribution in [2.75, 3.05) is 6.54 Å². The molecule has 2 N–H and O–H groups in total. The number of carboxylic acids is 1. The van der Waals surface area contributed by atoms with Crippen LogP contribution in [0.15, 0.2) is 0 Å². The summed E-state index contributed by atoms with van der Waals surface area (Å²) >= 11 is 0. The topological polar surface area (TPSA) is 66.4 Å². The average Bonchev–Trinajstić information content (AvgIpc) is 2.35. The molecule has 0 spiro atoms. The zero-order valence-corrected chi connectivity index (χ0v) is 11.9. The Labute approximate surface area is 110 Å². The zero-order valence-electron chi connectivity index (χ0n) is 11.9. The van der Waals surface area contributed by atoms with Gasteiger partial charge in [-0.05, 0) is 6.42 Å². The fraction of sp³-hybridized carbons (Fsp3) is 0.857. The Morgan fingerprint density at radius 2 is 1.56 bits per heavy atom. The molecule has 0 radical (unpaired) electrons. The van der Waals surface area contributed by atoms with Gasteiger partial charge in [0.2, 0.25) is 5.91 Å². The summed E-state index contributed by atoms with van der Waals surface area (Å²) in [5.74, 6) is -2.17. The van der Waals surface area contributed by atoms with Crippen molar-refractivity contribution in [3.05, 3.63) is 0 Å². The molecule has 0 bridgehead atoms. The van der Waals surface area contributed by atoms with Gasteiger partial charge in [0.15, 0.2) is 0 Å². The minimum absolute atomic E-state index is 0.154. The number of rotatable bonds is 10. The highest BCUT2D eigenvalue weighted by molar-refractivity contribution is 5.84. The number of unbranched alkanes of at least 4 members (excludes halogenated alkanes) is 5. The van der Waals surface area contributed by atoms with Crippen molar-refractivity contribution >= 4 is 11.9 Å². The van der Waals surface area contributed by atoms with Gasteiger partial charge in [-0.25, -0.2) is 0 Å². The average molecular weight is 257 g/mol. The van der Waals surface area contributed by atoms with Gasteiger partial charge in [-0.3, -0.25) is 9.59 Å². The Morgan fingerprint density at radius 1 is 1.00 bits per heavy atom. The van der Waals surface area contributed by atoms with Gasteiger partial charge in [0.1, 0.15) is 0 Å². The molecule has 0 rings (SSSR count). The smallest absolute Gasteiger partial charge is 0.307 e. The normalized spacial score (nSPS) is 13.9. The van der Waals surface area contributed by atoms with Crippen molar-refractivity contribution in [1.82, 2.24) is 5.32 Å². The number of nitrogens with one attached hydrogen (secondary N) is 1. The highest BCUT2D eigenvalue weighted by atomic mass is 16.4. The third-order valence-corrected chi connectivity index (χ3v) is 3.38. The van der Waals surface area contributed by atoms with Crippen molar-refractivity contribution in [1.29, 1.82) is 0 Å². The minimum atomic E-state index is -0.919. The molecule has 0 heterocycles. The summed E-state index contributed by atoms with van der Waals surface area (Å²) in [5, 5.41) is 11.6.